The minimum atomic E-state index is 0.298. The third-order valence-electron chi connectivity index (χ3n) is 2.04. The van der Waals surface area contributed by atoms with Gasteiger partial charge < -0.3 is 10.1 Å². The predicted octanol–water partition coefficient (Wildman–Crippen LogP) is 2.40. The summed E-state index contributed by atoms with van der Waals surface area (Å²) in [6.07, 6.45) is 5.52. The van der Waals surface area contributed by atoms with Gasteiger partial charge in [0, 0.05) is 10.9 Å². The van der Waals surface area contributed by atoms with Crippen LogP contribution < -0.4 is 0 Å². The third-order valence-corrected chi connectivity index (χ3v) is 2.04. The van der Waals surface area contributed by atoms with E-state index in [-0.39, 0.29) is 0 Å². The van der Waals surface area contributed by atoms with Gasteiger partial charge >= 0.3 is 0 Å². The molecule has 65 valence electrons. The Morgan fingerprint density at radius 2 is 2.38 bits per heavy atom. The lowest BCUT2D eigenvalue weighted by Gasteiger charge is -1.96. The van der Waals surface area contributed by atoms with Crippen LogP contribution in [0.5, 0.6) is 5.75 Å². The lowest BCUT2D eigenvalue weighted by atomic mass is 10.1. The van der Waals surface area contributed by atoms with Crippen LogP contribution in [0.15, 0.2) is 30.9 Å². The van der Waals surface area contributed by atoms with E-state index in [1.165, 1.54) is 0 Å². The van der Waals surface area contributed by atoms with Gasteiger partial charge in [0.05, 0.1) is 6.20 Å². The minimum Gasteiger partial charge on any atom is -0.507 e. The van der Waals surface area contributed by atoms with Gasteiger partial charge in [0.15, 0.2) is 0 Å². The topological polar surface area (TPSA) is 36.0 Å². The van der Waals surface area contributed by atoms with Crippen LogP contribution in [0.3, 0.4) is 0 Å². The summed E-state index contributed by atoms with van der Waals surface area (Å²) in [4.78, 5) is 2.98. The monoisotopic (exact) mass is 172 g/mol. The lowest BCUT2D eigenvalue weighted by molar-refractivity contribution is 0.481. The highest BCUT2D eigenvalue weighted by molar-refractivity contribution is 5.88. The van der Waals surface area contributed by atoms with Crippen molar-refractivity contribution in [2.24, 2.45) is 0 Å². The van der Waals surface area contributed by atoms with E-state index < -0.39 is 0 Å². The summed E-state index contributed by atoms with van der Waals surface area (Å²) in [6.45, 7) is 3.66. The maximum absolute atomic E-state index is 9.59. The molecule has 0 bridgehead atoms. The lowest BCUT2D eigenvalue weighted by Crippen LogP contribution is -1.77. The van der Waals surface area contributed by atoms with Crippen LogP contribution in [0.1, 0.15) is 5.56 Å². The standard InChI is InChI=1S/C11H10NO/c1-2-4-8-7-12-9-5-3-6-10(13)11(8)9/h2-3,5-6,12-13H,1,4H2. The normalized spacial score (nSPS) is 10.5. The summed E-state index contributed by atoms with van der Waals surface area (Å²) in [6, 6.07) is 5.40. The van der Waals surface area contributed by atoms with Gasteiger partial charge in [0.2, 0.25) is 0 Å². The highest BCUT2D eigenvalue weighted by Crippen LogP contribution is 2.27. The molecule has 0 amide bonds. The van der Waals surface area contributed by atoms with Crippen molar-refractivity contribution in [3.63, 3.8) is 0 Å². The Morgan fingerprint density at radius 1 is 1.54 bits per heavy atom. The minimum absolute atomic E-state index is 0.298. The summed E-state index contributed by atoms with van der Waals surface area (Å²) in [7, 11) is 0. The molecule has 0 unspecified atom stereocenters. The number of nitrogens with one attached hydrogen (secondary N) is 1. The van der Waals surface area contributed by atoms with Gasteiger partial charge in [0.25, 0.3) is 0 Å². The molecule has 1 aromatic heterocycles. The summed E-state index contributed by atoms with van der Waals surface area (Å²) in [5.74, 6) is 0.298. The van der Waals surface area contributed by atoms with Gasteiger partial charge in [-0.1, -0.05) is 12.1 Å². The largest absolute Gasteiger partial charge is 0.507 e. The summed E-state index contributed by atoms with van der Waals surface area (Å²) in [5.41, 5.74) is 1.87. The molecule has 2 N–H and O–H groups in total. The highest BCUT2D eigenvalue weighted by Gasteiger charge is 2.05. The van der Waals surface area contributed by atoms with Gasteiger partial charge in [-0.3, -0.25) is 0 Å². The second kappa shape index (κ2) is 2.98. The first-order valence-corrected chi connectivity index (χ1v) is 4.14. The Labute approximate surface area is 76.5 Å². The maximum Gasteiger partial charge on any atom is 0.125 e. The first kappa shape index (κ1) is 7.92. The zero-order valence-electron chi connectivity index (χ0n) is 7.17. The Kier molecular flexibility index (Phi) is 1.81. The van der Waals surface area contributed by atoms with Crippen LogP contribution in [0, 0.1) is 6.20 Å². The van der Waals surface area contributed by atoms with Crippen LogP contribution in [0.2, 0.25) is 0 Å². The predicted molar refractivity (Wildman–Crippen MR) is 52.7 cm³/mol. The SMILES string of the molecule is C=CCc1[c][nH]c2cccc(O)c12. The summed E-state index contributed by atoms with van der Waals surface area (Å²) < 4.78 is 0. The van der Waals surface area contributed by atoms with Crippen molar-refractivity contribution >= 4 is 10.9 Å². The van der Waals surface area contributed by atoms with Gasteiger partial charge in [0.1, 0.15) is 5.75 Å². The molecule has 0 aliphatic heterocycles. The van der Waals surface area contributed by atoms with Crippen molar-refractivity contribution in [2.75, 3.05) is 0 Å². The molecule has 2 nitrogen and oxygen atoms in total. The highest BCUT2D eigenvalue weighted by atomic mass is 16.3. The molecule has 2 heteroatoms. The molecule has 1 radical (unpaired) electrons. The Balaban J connectivity index is 2.70. The van der Waals surface area contributed by atoms with Crippen LogP contribution in [0.25, 0.3) is 10.9 Å². The van der Waals surface area contributed by atoms with Crippen LogP contribution in [-0.4, -0.2) is 10.1 Å². The van der Waals surface area contributed by atoms with E-state index in [0.717, 1.165) is 22.9 Å². The van der Waals surface area contributed by atoms with E-state index in [9.17, 15) is 5.11 Å². The Bertz CT molecular complexity index is 442. The molecule has 0 aliphatic rings. The molecule has 13 heavy (non-hydrogen) atoms. The van der Waals surface area contributed by atoms with E-state index in [0.29, 0.717) is 5.75 Å². The van der Waals surface area contributed by atoms with Gasteiger partial charge in [-0.05, 0) is 24.1 Å². The molecule has 0 saturated heterocycles. The number of rotatable bonds is 2. The number of phenols is 1. The fraction of sp³-hybridized carbons (Fsp3) is 0.0909. The van der Waals surface area contributed by atoms with Crippen molar-refractivity contribution in [2.45, 2.75) is 6.42 Å². The number of aromatic hydroxyl groups is 1. The zero-order valence-corrected chi connectivity index (χ0v) is 7.17. The number of allylic oxidation sites excluding steroid dienone is 1. The number of aromatic amines is 1. The number of hydrogen-bond donors (Lipinski definition) is 2. The fourth-order valence-electron chi connectivity index (χ4n) is 1.46. The number of phenolic OH excluding ortho intramolecular Hbond substituents is 1. The number of aromatic nitrogens is 1. The molecular weight excluding hydrogens is 162 g/mol. The van der Waals surface area contributed by atoms with E-state index in [1.54, 1.807) is 18.2 Å². The van der Waals surface area contributed by atoms with E-state index in [2.05, 4.69) is 17.8 Å². The van der Waals surface area contributed by atoms with Crippen molar-refractivity contribution in [1.29, 1.82) is 0 Å². The summed E-state index contributed by atoms with van der Waals surface area (Å²) >= 11 is 0. The van der Waals surface area contributed by atoms with E-state index >= 15 is 0 Å². The first-order valence-electron chi connectivity index (χ1n) is 4.14. The number of hydrogen-bond acceptors (Lipinski definition) is 1. The molecular formula is C11H10NO. The van der Waals surface area contributed by atoms with Crippen molar-refractivity contribution in [1.82, 2.24) is 4.98 Å². The van der Waals surface area contributed by atoms with Crippen LogP contribution in [-0.2, 0) is 6.42 Å². The molecule has 0 saturated carbocycles. The molecule has 1 aromatic carbocycles. The van der Waals surface area contributed by atoms with Gasteiger partial charge in [-0.25, -0.2) is 0 Å². The first-order chi connectivity index (χ1) is 6.33. The molecule has 0 fully saturated rings. The number of fused-ring (bicyclic) bond motifs is 1. The fourth-order valence-corrected chi connectivity index (χ4v) is 1.46. The van der Waals surface area contributed by atoms with Crippen molar-refractivity contribution in [3.8, 4) is 5.75 Å². The van der Waals surface area contributed by atoms with Gasteiger partial charge in [-0.2, -0.15) is 0 Å². The number of benzene rings is 1. The maximum atomic E-state index is 9.59. The Morgan fingerprint density at radius 3 is 3.15 bits per heavy atom. The van der Waals surface area contributed by atoms with Crippen LogP contribution >= 0.6 is 0 Å². The van der Waals surface area contributed by atoms with Crippen molar-refractivity contribution in [3.05, 3.63) is 42.6 Å². The smallest absolute Gasteiger partial charge is 0.125 e. The second-order valence-electron chi connectivity index (χ2n) is 2.92. The zero-order chi connectivity index (χ0) is 9.26. The average molecular weight is 172 g/mol. The molecule has 1 heterocycles. The number of H-pyrrole nitrogens is 1. The summed E-state index contributed by atoms with van der Waals surface area (Å²) in [5, 5.41) is 10.4. The van der Waals surface area contributed by atoms with Crippen molar-refractivity contribution < 1.29 is 5.11 Å². The van der Waals surface area contributed by atoms with E-state index in [4.69, 9.17) is 0 Å². The Hall–Kier alpha value is -1.70. The molecule has 2 aromatic rings. The second-order valence-corrected chi connectivity index (χ2v) is 2.92. The third kappa shape index (κ3) is 1.20. The molecule has 0 aliphatic carbocycles. The molecule has 0 spiro atoms. The van der Waals surface area contributed by atoms with E-state index in [1.807, 2.05) is 6.07 Å². The quantitative estimate of drug-likeness (QED) is 0.670. The van der Waals surface area contributed by atoms with Gasteiger partial charge in [-0.15, -0.1) is 6.58 Å². The molecule has 2 rings (SSSR count). The van der Waals surface area contributed by atoms with Crippen LogP contribution in [0.4, 0.5) is 0 Å². The molecule has 0 atom stereocenters. The average Bonchev–Trinajstić information content (AvgIpc) is 2.51.